The van der Waals surface area contributed by atoms with E-state index in [4.69, 9.17) is 0 Å². The number of hydrogen-bond acceptors (Lipinski definition) is 0. The van der Waals surface area contributed by atoms with Crippen LogP contribution in [-0.2, 0) is 0 Å². The number of unbranched alkanes of at least 4 members (excludes halogenated alkanes) is 5. The van der Waals surface area contributed by atoms with Crippen molar-refractivity contribution in [3.05, 3.63) is 0 Å². The summed E-state index contributed by atoms with van der Waals surface area (Å²) in [5, 5.41) is 0. The molecule has 0 spiro atoms. The predicted molar refractivity (Wildman–Crippen MR) is 49.8 cm³/mol. The Hall–Kier alpha value is 0.360. The highest BCUT2D eigenvalue weighted by Crippen LogP contribution is 2.13. The van der Waals surface area contributed by atoms with Gasteiger partial charge in [-0.3, -0.25) is 0 Å². The maximum Gasteiger partial charge on any atom is 0.128 e. The lowest BCUT2D eigenvalue weighted by atomic mass is 10.1. The third-order valence-corrected chi connectivity index (χ3v) is 2.05. The number of rotatable bonds is 7. The summed E-state index contributed by atoms with van der Waals surface area (Å²) in [6.45, 7) is 2.20. The SMILES string of the molecule is CCCCCCCCC(F)[P]. The van der Waals surface area contributed by atoms with Gasteiger partial charge < -0.3 is 0 Å². The molecule has 0 saturated carbocycles. The van der Waals surface area contributed by atoms with E-state index in [9.17, 15) is 4.39 Å². The standard InChI is InChI=1S/C9H18FP/c1-2-3-4-5-6-7-8-9(10)11/h9H,2-8H2,1H3. The molecule has 0 aromatic rings. The number of halogens is 1. The molecule has 0 N–H and O–H groups in total. The van der Waals surface area contributed by atoms with E-state index in [0.717, 1.165) is 6.42 Å². The van der Waals surface area contributed by atoms with Crippen LogP contribution in [-0.4, -0.2) is 5.91 Å². The minimum Gasteiger partial charge on any atom is -0.242 e. The van der Waals surface area contributed by atoms with Gasteiger partial charge in [0.15, 0.2) is 0 Å². The monoisotopic (exact) mass is 176 g/mol. The van der Waals surface area contributed by atoms with Gasteiger partial charge in [-0.1, -0.05) is 45.4 Å². The summed E-state index contributed by atoms with van der Waals surface area (Å²) >= 11 is 0. The molecule has 11 heavy (non-hydrogen) atoms. The molecule has 0 aliphatic heterocycles. The van der Waals surface area contributed by atoms with E-state index in [0.29, 0.717) is 6.42 Å². The van der Waals surface area contributed by atoms with Crippen LogP contribution >= 0.6 is 9.24 Å². The molecule has 0 aliphatic rings. The van der Waals surface area contributed by atoms with Crippen molar-refractivity contribution in [3.8, 4) is 0 Å². The molecular weight excluding hydrogens is 158 g/mol. The van der Waals surface area contributed by atoms with E-state index in [2.05, 4.69) is 16.2 Å². The Kier molecular flexibility index (Phi) is 8.73. The lowest BCUT2D eigenvalue weighted by Gasteiger charge is -2.00. The summed E-state index contributed by atoms with van der Waals surface area (Å²) in [6, 6.07) is 0. The summed E-state index contributed by atoms with van der Waals surface area (Å²) in [6.07, 6.45) is 7.94. The molecule has 0 fully saturated rings. The van der Waals surface area contributed by atoms with Crippen molar-refractivity contribution in [1.82, 2.24) is 0 Å². The third-order valence-electron chi connectivity index (χ3n) is 1.80. The van der Waals surface area contributed by atoms with Crippen LogP contribution in [0.25, 0.3) is 0 Å². The maximum atomic E-state index is 12.1. The smallest absolute Gasteiger partial charge is 0.128 e. The average Bonchev–Trinajstić information content (AvgIpc) is 1.96. The first-order chi connectivity index (χ1) is 5.27. The van der Waals surface area contributed by atoms with Crippen molar-refractivity contribution >= 4 is 9.24 Å². The molecule has 0 amide bonds. The third kappa shape index (κ3) is 10.4. The molecule has 0 aromatic carbocycles. The summed E-state index contributed by atoms with van der Waals surface area (Å²) in [5.74, 6) is -0.902. The van der Waals surface area contributed by atoms with Crippen molar-refractivity contribution in [2.45, 2.75) is 57.8 Å². The molecule has 0 rings (SSSR count). The highest BCUT2D eigenvalue weighted by molar-refractivity contribution is 7.17. The van der Waals surface area contributed by atoms with Gasteiger partial charge in [-0.05, 0) is 15.7 Å². The highest BCUT2D eigenvalue weighted by atomic mass is 31.0. The van der Waals surface area contributed by atoms with Gasteiger partial charge in [-0.2, -0.15) is 0 Å². The van der Waals surface area contributed by atoms with Gasteiger partial charge in [0.2, 0.25) is 0 Å². The molecular formula is C9H18FP. The fourth-order valence-corrected chi connectivity index (χ4v) is 1.28. The van der Waals surface area contributed by atoms with Crippen LogP contribution in [0.1, 0.15) is 51.9 Å². The van der Waals surface area contributed by atoms with Crippen molar-refractivity contribution in [1.29, 1.82) is 0 Å². The fourth-order valence-electron chi connectivity index (χ4n) is 1.09. The molecule has 2 radical (unpaired) electrons. The Bertz CT molecular complexity index is 74.0. The lowest BCUT2D eigenvalue weighted by molar-refractivity contribution is 0.411. The van der Waals surface area contributed by atoms with Crippen LogP contribution in [0.2, 0.25) is 0 Å². The summed E-state index contributed by atoms with van der Waals surface area (Å²) in [5.41, 5.74) is 0. The summed E-state index contributed by atoms with van der Waals surface area (Å²) in [7, 11) is 3.67. The zero-order valence-electron chi connectivity index (χ0n) is 7.35. The summed E-state index contributed by atoms with van der Waals surface area (Å²) < 4.78 is 12.1. The molecule has 0 saturated heterocycles. The van der Waals surface area contributed by atoms with Crippen LogP contribution in [0.4, 0.5) is 4.39 Å². The minimum absolute atomic E-state index is 0.620. The second-order valence-corrected chi connectivity index (χ2v) is 3.55. The van der Waals surface area contributed by atoms with Crippen LogP contribution in [0, 0.1) is 0 Å². The van der Waals surface area contributed by atoms with E-state index in [1.807, 2.05) is 0 Å². The first-order valence-electron chi connectivity index (χ1n) is 4.59. The Balaban J connectivity index is 2.80. The summed E-state index contributed by atoms with van der Waals surface area (Å²) in [4.78, 5) is 0. The maximum absolute atomic E-state index is 12.1. The first kappa shape index (κ1) is 11.4. The van der Waals surface area contributed by atoms with Crippen molar-refractivity contribution < 1.29 is 4.39 Å². The second-order valence-electron chi connectivity index (χ2n) is 2.99. The topological polar surface area (TPSA) is 0 Å². The molecule has 1 atom stereocenters. The molecule has 0 nitrogen and oxygen atoms in total. The van der Waals surface area contributed by atoms with Crippen molar-refractivity contribution in [3.63, 3.8) is 0 Å². The van der Waals surface area contributed by atoms with Gasteiger partial charge in [0, 0.05) is 0 Å². The van der Waals surface area contributed by atoms with Crippen LogP contribution in [0.3, 0.4) is 0 Å². The number of alkyl halides is 1. The first-order valence-corrected chi connectivity index (χ1v) is 5.11. The second kappa shape index (κ2) is 8.46. The van der Waals surface area contributed by atoms with E-state index in [-0.39, 0.29) is 0 Å². The Morgan fingerprint density at radius 2 is 1.64 bits per heavy atom. The van der Waals surface area contributed by atoms with Crippen molar-refractivity contribution in [2.75, 3.05) is 0 Å². The zero-order valence-corrected chi connectivity index (χ0v) is 8.25. The molecule has 2 heteroatoms. The zero-order chi connectivity index (χ0) is 8.53. The van der Waals surface area contributed by atoms with E-state index >= 15 is 0 Å². The van der Waals surface area contributed by atoms with Gasteiger partial charge in [-0.15, -0.1) is 0 Å². The van der Waals surface area contributed by atoms with Gasteiger partial charge in [0.25, 0.3) is 0 Å². The largest absolute Gasteiger partial charge is 0.242 e. The van der Waals surface area contributed by atoms with Crippen LogP contribution in [0.15, 0.2) is 0 Å². The molecule has 0 aliphatic carbocycles. The van der Waals surface area contributed by atoms with E-state index in [1.165, 1.54) is 32.1 Å². The van der Waals surface area contributed by atoms with Gasteiger partial charge >= 0.3 is 0 Å². The normalized spacial score (nSPS) is 13.4. The molecule has 0 aromatic heterocycles. The average molecular weight is 176 g/mol. The molecule has 1 unspecified atom stereocenters. The Morgan fingerprint density at radius 1 is 1.09 bits per heavy atom. The number of hydrogen-bond donors (Lipinski definition) is 0. The minimum atomic E-state index is -0.902. The Morgan fingerprint density at radius 3 is 2.18 bits per heavy atom. The molecule has 66 valence electrons. The van der Waals surface area contributed by atoms with Crippen LogP contribution < -0.4 is 0 Å². The van der Waals surface area contributed by atoms with E-state index < -0.39 is 5.91 Å². The van der Waals surface area contributed by atoms with Gasteiger partial charge in [0.1, 0.15) is 5.91 Å². The Labute approximate surface area is 72.2 Å². The van der Waals surface area contributed by atoms with E-state index in [1.54, 1.807) is 0 Å². The predicted octanol–water partition coefficient (Wildman–Crippen LogP) is 4.44. The quantitative estimate of drug-likeness (QED) is 0.397. The highest BCUT2D eigenvalue weighted by Gasteiger charge is 1.97. The van der Waals surface area contributed by atoms with Crippen molar-refractivity contribution in [2.24, 2.45) is 0 Å². The molecule has 0 heterocycles. The van der Waals surface area contributed by atoms with Crippen LogP contribution in [0.5, 0.6) is 0 Å². The van der Waals surface area contributed by atoms with Gasteiger partial charge in [0.05, 0.1) is 0 Å². The fraction of sp³-hybridized carbons (Fsp3) is 1.00. The molecule has 0 bridgehead atoms. The lowest BCUT2D eigenvalue weighted by Crippen LogP contribution is -1.87. The van der Waals surface area contributed by atoms with Gasteiger partial charge in [-0.25, -0.2) is 4.39 Å².